The maximum atomic E-state index is 12.9. The highest BCUT2D eigenvalue weighted by molar-refractivity contribution is 5.94. The van der Waals surface area contributed by atoms with Crippen molar-refractivity contribution in [2.24, 2.45) is 0 Å². The van der Waals surface area contributed by atoms with Crippen LogP contribution in [0.1, 0.15) is 66.0 Å². The van der Waals surface area contributed by atoms with Crippen LogP contribution >= 0.6 is 0 Å². The summed E-state index contributed by atoms with van der Waals surface area (Å²) in [5, 5.41) is 14.2. The number of carbonyl (C=O) groups is 1. The predicted molar refractivity (Wildman–Crippen MR) is 87.7 cm³/mol. The van der Waals surface area contributed by atoms with Crippen LogP contribution in [0.5, 0.6) is 0 Å². The van der Waals surface area contributed by atoms with Gasteiger partial charge in [-0.3, -0.25) is 15.0 Å². The van der Waals surface area contributed by atoms with Crippen molar-refractivity contribution < 1.29 is 9.53 Å². The van der Waals surface area contributed by atoms with Crippen molar-refractivity contribution >= 4 is 5.91 Å². The first-order valence-electron chi connectivity index (χ1n) is 8.64. The van der Waals surface area contributed by atoms with Gasteiger partial charge in [0.2, 0.25) is 0 Å². The Morgan fingerprint density at radius 3 is 2.83 bits per heavy atom. The quantitative estimate of drug-likeness (QED) is 0.884. The smallest absolute Gasteiger partial charge is 0.274 e. The summed E-state index contributed by atoms with van der Waals surface area (Å²) >= 11 is 0. The van der Waals surface area contributed by atoms with Crippen LogP contribution in [0, 0.1) is 0 Å². The Kier molecular flexibility index (Phi) is 3.88. The number of nitrogens with zero attached hydrogens (tertiary/aromatic N) is 3. The van der Waals surface area contributed by atoms with E-state index in [4.69, 9.17) is 4.74 Å². The van der Waals surface area contributed by atoms with Crippen LogP contribution in [0.4, 0.5) is 0 Å². The summed E-state index contributed by atoms with van der Waals surface area (Å²) in [6.07, 6.45) is 6.59. The minimum atomic E-state index is -0.0374. The zero-order valence-corrected chi connectivity index (χ0v) is 14.1. The number of carbonyl (C=O) groups excluding carboxylic acids is 1. The lowest BCUT2D eigenvalue weighted by atomic mass is 9.91. The van der Waals surface area contributed by atoms with Crippen molar-refractivity contribution in [3.05, 3.63) is 34.9 Å². The van der Waals surface area contributed by atoms with Gasteiger partial charge in [0.1, 0.15) is 0 Å². The summed E-state index contributed by atoms with van der Waals surface area (Å²) in [5.74, 6) is 0.522. The van der Waals surface area contributed by atoms with Gasteiger partial charge in [-0.15, -0.1) is 0 Å². The lowest BCUT2D eigenvalue weighted by molar-refractivity contribution is -0.00702. The second kappa shape index (κ2) is 6.05. The first kappa shape index (κ1) is 15.4. The first-order valence-corrected chi connectivity index (χ1v) is 8.64. The molecule has 1 fully saturated rings. The summed E-state index contributed by atoms with van der Waals surface area (Å²) in [6, 6.07) is 0. The standard InChI is InChI=1S/C17H23N5O2/c1-10-7-14-15(11(2)24-10)20-21-16(14)17(23)22-5-3-12(4-6-22)13-8-18-19-9-13/h8-12H,3-7H2,1-2H3,(H,18,19)(H,20,21)/t10-,11+/m1/s1. The summed E-state index contributed by atoms with van der Waals surface area (Å²) in [7, 11) is 0. The van der Waals surface area contributed by atoms with Crippen LogP contribution in [-0.2, 0) is 11.2 Å². The predicted octanol–water partition coefficient (Wildman–Crippen LogP) is 2.17. The molecule has 0 radical (unpaired) electrons. The number of ether oxygens (including phenoxy) is 1. The van der Waals surface area contributed by atoms with Crippen LogP contribution < -0.4 is 0 Å². The molecule has 0 aliphatic carbocycles. The topological polar surface area (TPSA) is 86.9 Å². The maximum absolute atomic E-state index is 12.9. The van der Waals surface area contributed by atoms with Crippen molar-refractivity contribution in [2.45, 2.75) is 51.2 Å². The highest BCUT2D eigenvalue weighted by atomic mass is 16.5. The van der Waals surface area contributed by atoms with Crippen LogP contribution in [0.15, 0.2) is 12.4 Å². The van der Waals surface area contributed by atoms with Crippen molar-refractivity contribution in [2.75, 3.05) is 13.1 Å². The average Bonchev–Trinajstić information content (AvgIpc) is 3.24. The molecule has 7 nitrogen and oxygen atoms in total. The summed E-state index contributed by atoms with van der Waals surface area (Å²) in [4.78, 5) is 14.9. The zero-order chi connectivity index (χ0) is 16.7. The first-order chi connectivity index (χ1) is 11.6. The molecule has 0 bridgehead atoms. The van der Waals surface area contributed by atoms with Gasteiger partial charge in [-0.05, 0) is 38.2 Å². The van der Waals surface area contributed by atoms with Crippen LogP contribution in [0.2, 0.25) is 0 Å². The Morgan fingerprint density at radius 2 is 2.12 bits per heavy atom. The lowest BCUT2D eigenvalue weighted by Gasteiger charge is -2.32. The Labute approximate surface area is 140 Å². The van der Waals surface area contributed by atoms with E-state index in [1.54, 1.807) is 0 Å². The number of aromatic amines is 2. The molecule has 2 atom stereocenters. The van der Waals surface area contributed by atoms with Gasteiger partial charge < -0.3 is 9.64 Å². The fourth-order valence-electron chi connectivity index (χ4n) is 3.90. The molecule has 2 aliphatic heterocycles. The molecule has 0 unspecified atom stereocenters. The van der Waals surface area contributed by atoms with Gasteiger partial charge in [-0.2, -0.15) is 10.2 Å². The van der Waals surface area contributed by atoms with Gasteiger partial charge in [-0.25, -0.2) is 0 Å². The van der Waals surface area contributed by atoms with E-state index in [2.05, 4.69) is 20.4 Å². The van der Waals surface area contributed by atoms with Crippen molar-refractivity contribution in [3.63, 3.8) is 0 Å². The van der Waals surface area contributed by atoms with E-state index < -0.39 is 0 Å². The average molecular weight is 329 g/mol. The third kappa shape index (κ3) is 2.62. The molecule has 0 aromatic carbocycles. The molecule has 2 aromatic rings. The Bertz CT molecular complexity index is 715. The highest BCUT2D eigenvalue weighted by Crippen LogP contribution is 2.32. The van der Waals surface area contributed by atoms with Gasteiger partial charge >= 0.3 is 0 Å². The number of nitrogens with one attached hydrogen (secondary N) is 2. The number of likely N-dealkylation sites (tertiary alicyclic amines) is 1. The largest absolute Gasteiger partial charge is 0.369 e. The van der Waals surface area contributed by atoms with E-state index in [1.807, 2.05) is 31.1 Å². The second-order valence-electron chi connectivity index (χ2n) is 6.86. The van der Waals surface area contributed by atoms with E-state index in [0.29, 0.717) is 11.6 Å². The molecular formula is C17H23N5O2. The third-order valence-corrected chi connectivity index (χ3v) is 5.21. The molecule has 4 heterocycles. The van der Waals surface area contributed by atoms with Crippen molar-refractivity contribution in [3.8, 4) is 0 Å². The molecule has 2 aromatic heterocycles. The fraction of sp³-hybridized carbons (Fsp3) is 0.588. The Morgan fingerprint density at radius 1 is 1.33 bits per heavy atom. The van der Waals surface area contributed by atoms with Crippen LogP contribution in [-0.4, -0.2) is 50.4 Å². The second-order valence-corrected chi connectivity index (χ2v) is 6.86. The number of rotatable bonds is 2. The van der Waals surface area contributed by atoms with E-state index in [9.17, 15) is 4.79 Å². The summed E-state index contributed by atoms with van der Waals surface area (Å²) in [5.41, 5.74) is 3.79. The van der Waals surface area contributed by atoms with Crippen LogP contribution in [0.25, 0.3) is 0 Å². The van der Waals surface area contributed by atoms with Gasteiger partial charge in [-0.1, -0.05) is 0 Å². The van der Waals surface area contributed by atoms with E-state index >= 15 is 0 Å². The number of hydrogen-bond acceptors (Lipinski definition) is 4. The van der Waals surface area contributed by atoms with Gasteiger partial charge in [0.15, 0.2) is 5.69 Å². The van der Waals surface area contributed by atoms with Gasteiger partial charge in [0, 0.05) is 31.3 Å². The van der Waals surface area contributed by atoms with Crippen molar-refractivity contribution in [1.82, 2.24) is 25.3 Å². The molecule has 0 spiro atoms. The number of hydrogen-bond donors (Lipinski definition) is 2. The molecule has 0 saturated carbocycles. The normalized spacial score (nSPS) is 24.8. The SMILES string of the molecule is C[C@@H]1Cc2c(C(=O)N3CCC(c4cn[nH]c4)CC3)n[nH]c2[C@H](C)O1. The molecule has 24 heavy (non-hydrogen) atoms. The molecule has 2 N–H and O–H groups in total. The van der Waals surface area contributed by atoms with Gasteiger partial charge in [0.05, 0.1) is 24.1 Å². The third-order valence-electron chi connectivity index (χ3n) is 5.21. The van der Waals surface area contributed by atoms with Crippen LogP contribution in [0.3, 0.4) is 0 Å². The zero-order valence-electron chi connectivity index (χ0n) is 14.1. The van der Waals surface area contributed by atoms with Crippen molar-refractivity contribution in [1.29, 1.82) is 0 Å². The summed E-state index contributed by atoms with van der Waals surface area (Å²) in [6.45, 7) is 5.56. The molecular weight excluding hydrogens is 306 g/mol. The van der Waals surface area contributed by atoms with E-state index in [-0.39, 0.29) is 18.1 Å². The fourth-order valence-corrected chi connectivity index (χ4v) is 3.90. The highest BCUT2D eigenvalue weighted by Gasteiger charge is 2.32. The number of piperidine rings is 1. The minimum absolute atomic E-state index is 0.0374. The van der Waals surface area contributed by atoms with E-state index in [0.717, 1.165) is 43.6 Å². The van der Waals surface area contributed by atoms with E-state index in [1.165, 1.54) is 5.56 Å². The molecule has 2 aliphatic rings. The summed E-state index contributed by atoms with van der Waals surface area (Å²) < 4.78 is 5.80. The maximum Gasteiger partial charge on any atom is 0.274 e. The van der Waals surface area contributed by atoms with Gasteiger partial charge in [0.25, 0.3) is 5.91 Å². The molecule has 7 heteroatoms. The molecule has 1 saturated heterocycles. The Hall–Kier alpha value is -2.15. The minimum Gasteiger partial charge on any atom is -0.369 e. The molecule has 1 amide bonds. The number of H-pyrrole nitrogens is 2. The number of aromatic nitrogens is 4. The number of fused-ring (bicyclic) bond motifs is 1. The number of amides is 1. The monoisotopic (exact) mass is 329 g/mol. The molecule has 4 rings (SSSR count). The lowest BCUT2D eigenvalue weighted by Crippen LogP contribution is -2.38. The molecule has 128 valence electrons. The Balaban J connectivity index is 1.48.